The number of para-hydroxylation sites is 1. The summed E-state index contributed by atoms with van der Waals surface area (Å²) in [5, 5.41) is 13.0. The number of nitrogens with zero attached hydrogens (tertiary/aromatic N) is 1. The largest absolute Gasteiger partial charge is 0.411 e. The maximum atomic E-state index is 8.62. The van der Waals surface area contributed by atoms with Crippen LogP contribution >= 0.6 is 0 Å². The van der Waals surface area contributed by atoms with E-state index < -0.39 is 0 Å². The maximum absolute atomic E-state index is 8.62. The Labute approximate surface area is 93.8 Å². The van der Waals surface area contributed by atoms with Crippen LogP contribution in [0.4, 0.5) is 0 Å². The van der Waals surface area contributed by atoms with Crippen molar-refractivity contribution in [3.8, 4) is 0 Å². The fourth-order valence-corrected chi connectivity index (χ4v) is 2.70. The van der Waals surface area contributed by atoms with E-state index in [0.29, 0.717) is 0 Å². The van der Waals surface area contributed by atoms with E-state index in [9.17, 15) is 0 Å². The summed E-state index contributed by atoms with van der Waals surface area (Å²) in [4.78, 5) is 3.46. The van der Waals surface area contributed by atoms with E-state index in [4.69, 9.17) is 5.21 Å². The zero-order chi connectivity index (χ0) is 11.1. The summed E-state index contributed by atoms with van der Waals surface area (Å²) in [6, 6.07) is 6.10. The third-order valence-electron chi connectivity index (χ3n) is 3.36. The van der Waals surface area contributed by atoms with E-state index in [2.05, 4.69) is 23.1 Å². The average Bonchev–Trinajstić information content (AvgIpc) is 2.76. The van der Waals surface area contributed by atoms with Crippen LogP contribution in [0.15, 0.2) is 23.4 Å². The number of H-pyrrole nitrogens is 1. The van der Waals surface area contributed by atoms with Crippen molar-refractivity contribution in [3.05, 3.63) is 35.0 Å². The number of hydrogen-bond acceptors (Lipinski definition) is 2. The second-order valence-corrected chi connectivity index (χ2v) is 4.61. The van der Waals surface area contributed by atoms with E-state index in [1.54, 1.807) is 0 Å². The molecule has 0 aliphatic heterocycles. The van der Waals surface area contributed by atoms with Crippen LogP contribution in [0.5, 0.6) is 0 Å². The molecule has 1 aliphatic rings. The molecule has 0 saturated carbocycles. The molecular formula is C13H14N2O. The van der Waals surface area contributed by atoms with E-state index in [-0.39, 0.29) is 0 Å². The molecule has 0 amide bonds. The molecule has 3 rings (SSSR count). The van der Waals surface area contributed by atoms with E-state index in [1.807, 2.05) is 12.1 Å². The predicted molar refractivity (Wildman–Crippen MR) is 64.3 cm³/mol. The first-order valence-corrected chi connectivity index (χ1v) is 5.59. The zero-order valence-corrected chi connectivity index (χ0v) is 9.20. The highest BCUT2D eigenvalue weighted by atomic mass is 16.4. The minimum Gasteiger partial charge on any atom is -0.411 e. The van der Waals surface area contributed by atoms with Gasteiger partial charge >= 0.3 is 0 Å². The number of nitrogens with one attached hydrogen (secondary N) is 1. The molecule has 0 bridgehead atoms. The SMILES string of the molecule is CC1Cc2[nH]c3c(/C=N/O)cccc3c2C1. The van der Waals surface area contributed by atoms with E-state index >= 15 is 0 Å². The van der Waals surface area contributed by atoms with Crippen molar-refractivity contribution >= 4 is 17.1 Å². The molecule has 2 N–H and O–H groups in total. The van der Waals surface area contributed by atoms with Gasteiger partial charge in [-0.25, -0.2) is 0 Å². The molecule has 1 aromatic heterocycles. The molecule has 16 heavy (non-hydrogen) atoms. The minimum absolute atomic E-state index is 0.737. The molecule has 1 unspecified atom stereocenters. The molecule has 0 fully saturated rings. The highest BCUT2D eigenvalue weighted by Gasteiger charge is 2.22. The van der Waals surface area contributed by atoms with Gasteiger partial charge in [0.1, 0.15) is 0 Å². The van der Waals surface area contributed by atoms with Gasteiger partial charge in [0.2, 0.25) is 0 Å². The number of aromatic nitrogens is 1. The van der Waals surface area contributed by atoms with Crippen LogP contribution in [0.2, 0.25) is 0 Å². The maximum Gasteiger partial charge on any atom is 0.0754 e. The Balaban J connectivity index is 2.25. The Morgan fingerprint density at radius 3 is 3.12 bits per heavy atom. The molecule has 1 heterocycles. The van der Waals surface area contributed by atoms with Crippen LogP contribution in [0, 0.1) is 5.92 Å². The van der Waals surface area contributed by atoms with Crippen LogP contribution in [0.25, 0.3) is 10.9 Å². The van der Waals surface area contributed by atoms with Crippen molar-refractivity contribution in [2.45, 2.75) is 19.8 Å². The van der Waals surface area contributed by atoms with Crippen molar-refractivity contribution in [2.24, 2.45) is 11.1 Å². The summed E-state index contributed by atoms with van der Waals surface area (Å²) in [5.41, 5.74) is 4.83. The molecule has 0 radical (unpaired) electrons. The number of fused-ring (bicyclic) bond motifs is 3. The van der Waals surface area contributed by atoms with Gasteiger partial charge in [-0.05, 0) is 24.3 Å². The van der Waals surface area contributed by atoms with Crippen LogP contribution in [0.1, 0.15) is 23.7 Å². The van der Waals surface area contributed by atoms with Crippen LogP contribution in [-0.4, -0.2) is 16.4 Å². The molecule has 1 atom stereocenters. The lowest BCUT2D eigenvalue weighted by Crippen LogP contribution is -1.93. The minimum atomic E-state index is 0.737. The summed E-state index contributed by atoms with van der Waals surface area (Å²) in [7, 11) is 0. The lowest BCUT2D eigenvalue weighted by molar-refractivity contribution is 0.322. The van der Waals surface area contributed by atoms with Crippen molar-refractivity contribution in [1.82, 2.24) is 4.98 Å². The van der Waals surface area contributed by atoms with Crippen molar-refractivity contribution in [3.63, 3.8) is 0 Å². The smallest absolute Gasteiger partial charge is 0.0754 e. The second-order valence-electron chi connectivity index (χ2n) is 4.61. The van der Waals surface area contributed by atoms with Gasteiger partial charge < -0.3 is 10.2 Å². The van der Waals surface area contributed by atoms with Crippen molar-refractivity contribution in [2.75, 3.05) is 0 Å². The number of hydrogen-bond donors (Lipinski definition) is 2. The molecule has 0 spiro atoms. The number of aromatic amines is 1. The highest BCUT2D eigenvalue weighted by molar-refractivity contribution is 5.99. The Kier molecular flexibility index (Phi) is 1.99. The third kappa shape index (κ3) is 1.24. The van der Waals surface area contributed by atoms with Crippen LogP contribution in [0.3, 0.4) is 0 Å². The Morgan fingerprint density at radius 2 is 2.31 bits per heavy atom. The molecule has 3 nitrogen and oxygen atoms in total. The standard InChI is InChI=1S/C13H14N2O/c1-8-5-11-10-4-2-3-9(7-14-16)13(10)15-12(11)6-8/h2-4,7-8,15-16H,5-6H2,1H3/b14-7+. The van der Waals surface area contributed by atoms with E-state index in [1.165, 1.54) is 22.9 Å². The first-order chi connectivity index (χ1) is 7.79. The van der Waals surface area contributed by atoms with Crippen LogP contribution < -0.4 is 0 Å². The first-order valence-electron chi connectivity index (χ1n) is 5.59. The molecule has 82 valence electrons. The normalized spacial score (nSPS) is 19.7. The molecule has 1 aliphatic carbocycles. The van der Waals surface area contributed by atoms with Crippen LogP contribution in [-0.2, 0) is 12.8 Å². The molecule has 0 saturated heterocycles. The lowest BCUT2D eigenvalue weighted by atomic mass is 10.1. The summed E-state index contributed by atoms with van der Waals surface area (Å²) in [5.74, 6) is 0.737. The van der Waals surface area contributed by atoms with Gasteiger partial charge in [-0.15, -0.1) is 0 Å². The molecular weight excluding hydrogens is 200 g/mol. The van der Waals surface area contributed by atoms with Crippen molar-refractivity contribution in [1.29, 1.82) is 0 Å². The van der Waals surface area contributed by atoms with Crippen molar-refractivity contribution < 1.29 is 5.21 Å². The molecule has 2 aromatic rings. The zero-order valence-electron chi connectivity index (χ0n) is 9.20. The Morgan fingerprint density at radius 1 is 1.44 bits per heavy atom. The van der Waals surface area contributed by atoms with Gasteiger partial charge in [0.25, 0.3) is 0 Å². The van der Waals surface area contributed by atoms with Gasteiger partial charge in [0.15, 0.2) is 0 Å². The van der Waals surface area contributed by atoms with Gasteiger partial charge in [0.05, 0.1) is 11.7 Å². The molecule has 1 aromatic carbocycles. The Hall–Kier alpha value is -1.77. The first kappa shape index (κ1) is 9.46. The fraction of sp³-hybridized carbons (Fsp3) is 0.308. The highest BCUT2D eigenvalue weighted by Crippen LogP contribution is 2.33. The fourth-order valence-electron chi connectivity index (χ4n) is 2.70. The predicted octanol–water partition coefficient (Wildman–Crippen LogP) is 2.71. The number of benzene rings is 1. The lowest BCUT2D eigenvalue weighted by Gasteiger charge is -2.01. The quantitative estimate of drug-likeness (QED) is 0.428. The summed E-state index contributed by atoms with van der Waals surface area (Å²) >= 11 is 0. The summed E-state index contributed by atoms with van der Waals surface area (Å²) in [6.07, 6.45) is 3.76. The molecule has 3 heteroatoms. The monoisotopic (exact) mass is 214 g/mol. The third-order valence-corrected chi connectivity index (χ3v) is 3.36. The average molecular weight is 214 g/mol. The van der Waals surface area contributed by atoms with Gasteiger partial charge in [-0.1, -0.05) is 30.3 Å². The van der Waals surface area contributed by atoms with E-state index in [0.717, 1.165) is 29.8 Å². The number of oxime groups is 1. The summed E-state index contributed by atoms with van der Waals surface area (Å²) < 4.78 is 0. The number of rotatable bonds is 1. The topological polar surface area (TPSA) is 48.4 Å². The van der Waals surface area contributed by atoms with Gasteiger partial charge in [0, 0.05) is 16.6 Å². The van der Waals surface area contributed by atoms with Gasteiger partial charge in [-0.3, -0.25) is 0 Å². The second kappa shape index (κ2) is 3.37. The summed E-state index contributed by atoms with van der Waals surface area (Å²) in [6.45, 7) is 2.28. The Bertz CT molecular complexity index is 569. The van der Waals surface area contributed by atoms with Gasteiger partial charge in [-0.2, -0.15) is 0 Å².